The molecule has 0 saturated carbocycles. The highest BCUT2D eigenvalue weighted by Crippen LogP contribution is 2.53. The Kier molecular flexibility index (Phi) is 12.1. The Morgan fingerprint density at radius 2 is 1.34 bits per heavy atom. The molecule has 216 valence electrons. The Morgan fingerprint density at radius 3 is 1.98 bits per heavy atom. The first-order valence-electron chi connectivity index (χ1n) is 12.9. The fourth-order valence-corrected chi connectivity index (χ4v) is 6.34. The zero-order chi connectivity index (χ0) is 29.5. The molecule has 0 bridgehead atoms. The zero-order valence-corrected chi connectivity index (χ0v) is 23.5. The van der Waals surface area contributed by atoms with Gasteiger partial charge in [-0.05, 0) is 18.1 Å². The van der Waals surface area contributed by atoms with E-state index in [-0.39, 0.29) is 19.8 Å². The summed E-state index contributed by atoms with van der Waals surface area (Å²) in [4.78, 5) is 49.3. The van der Waals surface area contributed by atoms with Crippen LogP contribution in [0.5, 0.6) is 0 Å². The average Bonchev–Trinajstić information content (AvgIpc) is 3.01. The molecule has 0 heterocycles. The predicted octanol–water partition coefficient (Wildman–Crippen LogP) is 2.60. The van der Waals surface area contributed by atoms with E-state index >= 15 is 0 Å². The average molecular weight is 581 g/mol. The van der Waals surface area contributed by atoms with E-state index in [0.29, 0.717) is 10.9 Å². The summed E-state index contributed by atoms with van der Waals surface area (Å²) in [5, 5.41) is 10.8. The number of nitrogens with one attached hydrogen (secondary N) is 4. The van der Waals surface area contributed by atoms with Gasteiger partial charge in [0.05, 0.1) is 13.2 Å². The van der Waals surface area contributed by atoms with Crippen LogP contribution in [0.3, 0.4) is 0 Å². The van der Waals surface area contributed by atoms with Crippen molar-refractivity contribution in [3.8, 4) is 0 Å². The Morgan fingerprint density at radius 1 is 0.732 bits per heavy atom. The van der Waals surface area contributed by atoms with Crippen LogP contribution in [0.15, 0.2) is 91.0 Å². The Bertz CT molecular complexity index is 1340. The van der Waals surface area contributed by atoms with Gasteiger partial charge in [0.1, 0.15) is 25.5 Å². The molecule has 0 radical (unpaired) electrons. The van der Waals surface area contributed by atoms with Gasteiger partial charge in [0, 0.05) is 5.30 Å². The molecule has 2 atom stereocenters. The molecule has 3 amide bonds. The van der Waals surface area contributed by atoms with Crippen molar-refractivity contribution in [1.82, 2.24) is 21.0 Å². The molecule has 4 N–H and O–H groups in total. The lowest BCUT2D eigenvalue weighted by Crippen LogP contribution is -2.43. The molecule has 0 aliphatic rings. The van der Waals surface area contributed by atoms with Crippen LogP contribution in [0.1, 0.15) is 23.8 Å². The number of ether oxygens (including phenoxy) is 2. The van der Waals surface area contributed by atoms with E-state index in [4.69, 9.17) is 9.47 Å². The van der Waals surface area contributed by atoms with E-state index in [1.807, 2.05) is 18.2 Å². The largest absolute Gasteiger partial charge is 0.465 e. The number of hydrogen-bond acceptors (Lipinski definition) is 7. The van der Waals surface area contributed by atoms with Crippen molar-refractivity contribution in [2.75, 3.05) is 26.2 Å². The number of carbonyl (C=O) groups is 4. The van der Waals surface area contributed by atoms with Crippen LogP contribution in [-0.4, -0.2) is 50.1 Å². The summed E-state index contributed by atoms with van der Waals surface area (Å²) in [6.07, 6.45) is -0.789. The number of esters is 1. The molecule has 0 fully saturated rings. The molecule has 0 saturated heterocycles. The first kappa shape index (κ1) is 31.1. The molecule has 2 unspecified atom stereocenters. The molecule has 11 nitrogen and oxygen atoms in total. The smallest absolute Gasteiger partial charge is 0.407 e. The molecule has 0 spiro atoms. The summed E-state index contributed by atoms with van der Waals surface area (Å²) in [6.45, 7) is 0.675. The molecule has 12 heteroatoms. The Balaban J connectivity index is 1.74. The number of rotatable bonds is 14. The highest BCUT2D eigenvalue weighted by atomic mass is 31.2. The van der Waals surface area contributed by atoms with Crippen molar-refractivity contribution < 1.29 is 33.2 Å². The number of benzene rings is 3. The summed E-state index contributed by atoms with van der Waals surface area (Å²) >= 11 is 0. The topological polar surface area (TPSA) is 152 Å². The van der Waals surface area contributed by atoms with Gasteiger partial charge < -0.3 is 25.4 Å². The summed E-state index contributed by atoms with van der Waals surface area (Å²) in [6, 6.07) is 26.1. The second-order valence-electron chi connectivity index (χ2n) is 8.71. The number of carbonyl (C=O) groups excluding carboxylic acids is 4. The third-order valence-corrected chi connectivity index (χ3v) is 8.58. The van der Waals surface area contributed by atoms with E-state index < -0.39 is 50.0 Å². The first-order valence-corrected chi connectivity index (χ1v) is 14.7. The van der Waals surface area contributed by atoms with E-state index in [0.717, 1.165) is 5.56 Å². The van der Waals surface area contributed by atoms with Crippen LogP contribution in [0.25, 0.3) is 0 Å². The quantitative estimate of drug-likeness (QED) is 0.168. The highest BCUT2D eigenvalue weighted by molar-refractivity contribution is 7.70. The van der Waals surface area contributed by atoms with Crippen molar-refractivity contribution >= 4 is 36.5 Å². The second kappa shape index (κ2) is 16.0. The maximum Gasteiger partial charge on any atom is 0.407 e. The molecular weight excluding hydrogens is 547 g/mol. The van der Waals surface area contributed by atoms with E-state index in [9.17, 15) is 23.7 Å². The molecule has 3 rings (SSSR count). The third-order valence-electron chi connectivity index (χ3n) is 5.73. The van der Waals surface area contributed by atoms with Gasteiger partial charge in [0.2, 0.25) is 19.1 Å². The molecule has 0 aliphatic carbocycles. The van der Waals surface area contributed by atoms with E-state index in [1.54, 1.807) is 79.7 Å². The second-order valence-corrected chi connectivity index (χ2v) is 11.4. The fourth-order valence-electron chi connectivity index (χ4n) is 3.77. The SMILES string of the molecule is CCOC(=O)CNC(=O)CNP(=O)(c1ccccc1)C(NC(=O)CNC(=O)OCc1ccccc1)c1ccccc1. The van der Waals surface area contributed by atoms with Crippen LogP contribution >= 0.6 is 7.29 Å². The predicted molar refractivity (Wildman–Crippen MR) is 153 cm³/mol. The van der Waals surface area contributed by atoms with Crippen LogP contribution in [-0.2, 0) is 35.0 Å². The maximum atomic E-state index is 14.7. The molecular formula is C29H33N4O7P. The minimum absolute atomic E-state index is 0.0340. The Hall–Kier alpha value is -4.47. The fraction of sp³-hybridized carbons (Fsp3) is 0.241. The zero-order valence-electron chi connectivity index (χ0n) is 22.6. The molecule has 41 heavy (non-hydrogen) atoms. The maximum absolute atomic E-state index is 14.7. The minimum atomic E-state index is -3.77. The number of hydrogen-bond donors (Lipinski definition) is 4. The lowest BCUT2D eigenvalue weighted by Gasteiger charge is -2.30. The van der Waals surface area contributed by atoms with Gasteiger partial charge in [-0.3, -0.25) is 24.0 Å². The van der Waals surface area contributed by atoms with Crippen LogP contribution < -0.4 is 26.3 Å². The van der Waals surface area contributed by atoms with Crippen LogP contribution in [0.4, 0.5) is 4.79 Å². The van der Waals surface area contributed by atoms with E-state index in [2.05, 4.69) is 21.0 Å². The van der Waals surface area contributed by atoms with Crippen molar-refractivity contribution in [3.05, 3.63) is 102 Å². The minimum Gasteiger partial charge on any atom is -0.465 e. The molecule has 0 aliphatic heterocycles. The van der Waals surface area contributed by atoms with Crippen molar-refractivity contribution in [3.63, 3.8) is 0 Å². The van der Waals surface area contributed by atoms with Gasteiger partial charge in [-0.2, -0.15) is 0 Å². The molecule has 3 aromatic carbocycles. The Labute approximate surface area is 238 Å². The van der Waals surface area contributed by atoms with Crippen molar-refractivity contribution in [2.45, 2.75) is 19.3 Å². The van der Waals surface area contributed by atoms with Crippen LogP contribution in [0.2, 0.25) is 0 Å². The van der Waals surface area contributed by atoms with E-state index in [1.165, 1.54) is 0 Å². The van der Waals surface area contributed by atoms with Gasteiger partial charge in [-0.15, -0.1) is 0 Å². The van der Waals surface area contributed by atoms with Crippen molar-refractivity contribution in [1.29, 1.82) is 0 Å². The lowest BCUT2D eigenvalue weighted by atomic mass is 10.2. The highest BCUT2D eigenvalue weighted by Gasteiger charge is 2.37. The van der Waals surface area contributed by atoms with Gasteiger partial charge in [-0.25, -0.2) is 4.79 Å². The number of alkyl carbamates (subject to hydrolysis) is 1. The van der Waals surface area contributed by atoms with Crippen LogP contribution in [0, 0.1) is 0 Å². The summed E-state index contributed by atoms with van der Waals surface area (Å²) in [5.41, 5.74) is 1.30. The monoisotopic (exact) mass is 580 g/mol. The summed E-state index contributed by atoms with van der Waals surface area (Å²) in [7, 11) is -3.77. The standard InChI is InChI=1S/C29H33N4O7P/c1-2-39-27(36)20-30-25(34)19-32-41(38,24-16-10-5-11-17-24)28(23-14-8-4-9-15-23)33-26(35)18-31-29(37)40-21-22-12-6-3-7-13-22/h3-17,28H,2,18-21H2,1H3,(H,30,34)(H,31,37)(H,32,38)(H,33,35). The summed E-state index contributed by atoms with van der Waals surface area (Å²) < 4.78 is 24.6. The normalized spacial score (nSPS) is 12.7. The molecule has 0 aromatic heterocycles. The first-order chi connectivity index (χ1) is 19.8. The van der Waals surface area contributed by atoms with Gasteiger partial charge in [0.25, 0.3) is 0 Å². The molecule has 3 aromatic rings. The summed E-state index contributed by atoms with van der Waals surface area (Å²) in [5.74, 6) is -2.91. The third kappa shape index (κ3) is 9.90. The van der Waals surface area contributed by atoms with Crippen molar-refractivity contribution in [2.24, 2.45) is 0 Å². The number of amides is 3. The van der Waals surface area contributed by atoms with Gasteiger partial charge in [-0.1, -0.05) is 91.0 Å². The van der Waals surface area contributed by atoms with Gasteiger partial charge in [0.15, 0.2) is 0 Å². The lowest BCUT2D eigenvalue weighted by molar-refractivity contribution is -0.143. The van der Waals surface area contributed by atoms with Gasteiger partial charge >= 0.3 is 12.1 Å².